The maximum atomic E-state index is 4.93. The maximum Gasteiger partial charge on any atom is 0.213 e. The lowest BCUT2D eigenvalue weighted by molar-refractivity contribution is 0.397. The number of nitrogens with one attached hydrogen (secondary N) is 1. The van der Waals surface area contributed by atoms with Crippen molar-refractivity contribution in [3.8, 4) is 5.88 Å². The van der Waals surface area contributed by atoms with Crippen LogP contribution in [0.15, 0.2) is 12.1 Å². The Morgan fingerprint density at radius 3 is 2.73 bits per heavy atom. The molecule has 0 atom stereocenters. The van der Waals surface area contributed by atoms with Gasteiger partial charge in [0.1, 0.15) is 0 Å². The Morgan fingerprint density at radius 2 is 2.27 bits per heavy atom. The van der Waals surface area contributed by atoms with Crippen LogP contribution in [-0.2, 0) is 0 Å². The fourth-order valence-corrected chi connectivity index (χ4v) is 1.01. The molecule has 0 aliphatic rings. The summed E-state index contributed by atoms with van der Waals surface area (Å²) in [4.78, 5) is 4.13. The molecule has 0 fully saturated rings. The summed E-state index contributed by atoms with van der Waals surface area (Å²) in [6, 6.07) is 3.65. The zero-order valence-corrected chi connectivity index (χ0v) is 7.35. The molecule has 4 heteroatoms. The molecule has 0 amide bonds. The van der Waals surface area contributed by atoms with Gasteiger partial charge in [0.25, 0.3) is 0 Å². The average Bonchev–Trinajstić information content (AvgIpc) is 2.04. The van der Waals surface area contributed by atoms with E-state index in [9.17, 15) is 0 Å². The highest BCUT2D eigenvalue weighted by Crippen LogP contribution is 2.16. The Balaban J connectivity index is 2.99. The number of hydrogen-bond donors (Lipinski definition) is 2. The molecule has 1 rings (SSSR count). The molecule has 0 aromatic carbocycles. The van der Waals surface area contributed by atoms with Crippen LogP contribution in [0.25, 0.3) is 0 Å². The first-order valence-electron chi connectivity index (χ1n) is 3.19. The molecule has 0 spiro atoms. The van der Waals surface area contributed by atoms with Crippen LogP contribution in [0.2, 0.25) is 0 Å². The van der Waals surface area contributed by atoms with Crippen LogP contribution < -0.4 is 9.46 Å². The van der Waals surface area contributed by atoms with E-state index in [1.54, 1.807) is 13.2 Å². The maximum absolute atomic E-state index is 4.93. The molecule has 0 aliphatic heterocycles. The van der Waals surface area contributed by atoms with E-state index in [4.69, 9.17) is 4.74 Å². The number of anilines is 1. The smallest absolute Gasteiger partial charge is 0.213 e. The first-order chi connectivity index (χ1) is 5.27. The SMILES string of the molecule is COc1ccc(NS)c(C)n1. The molecule has 0 unspecified atom stereocenters. The molecule has 0 saturated heterocycles. The van der Waals surface area contributed by atoms with Gasteiger partial charge in [-0.15, -0.1) is 0 Å². The molecule has 1 N–H and O–H groups in total. The lowest BCUT2D eigenvalue weighted by Gasteiger charge is -2.04. The number of aromatic nitrogens is 1. The molecule has 1 heterocycles. The van der Waals surface area contributed by atoms with Gasteiger partial charge in [0, 0.05) is 6.07 Å². The number of aryl methyl sites for hydroxylation is 1. The molecule has 0 radical (unpaired) electrons. The number of methoxy groups -OCH3 is 1. The monoisotopic (exact) mass is 170 g/mol. The van der Waals surface area contributed by atoms with E-state index in [0.29, 0.717) is 5.88 Å². The van der Waals surface area contributed by atoms with Crippen molar-refractivity contribution in [2.24, 2.45) is 0 Å². The van der Waals surface area contributed by atoms with E-state index in [1.165, 1.54) is 0 Å². The van der Waals surface area contributed by atoms with Gasteiger partial charge in [0.2, 0.25) is 5.88 Å². The molecule has 1 aromatic heterocycles. The highest BCUT2D eigenvalue weighted by atomic mass is 32.1. The first-order valence-corrected chi connectivity index (χ1v) is 3.64. The summed E-state index contributed by atoms with van der Waals surface area (Å²) in [5, 5.41) is 0. The Morgan fingerprint density at radius 1 is 1.55 bits per heavy atom. The summed E-state index contributed by atoms with van der Waals surface area (Å²) >= 11 is 3.91. The average molecular weight is 170 g/mol. The number of rotatable bonds is 2. The van der Waals surface area contributed by atoms with Crippen molar-refractivity contribution in [2.45, 2.75) is 6.92 Å². The van der Waals surface area contributed by atoms with E-state index in [2.05, 4.69) is 22.5 Å². The van der Waals surface area contributed by atoms with Gasteiger partial charge in [0.15, 0.2) is 0 Å². The van der Waals surface area contributed by atoms with Gasteiger partial charge in [-0.3, -0.25) is 0 Å². The van der Waals surface area contributed by atoms with Crippen LogP contribution in [-0.4, -0.2) is 12.1 Å². The second-order valence-corrected chi connectivity index (χ2v) is 2.32. The second kappa shape index (κ2) is 3.48. The van der Waals surface area contributed by atoms with Crippen LogP contribution in [0, 0.1) is 6.92 Å². The largest absolute Gasteiger partial charge is 0.481 e. The van der Waals surface area contributed by atoms with Gasteiger partial charge in [0.05, 0.1) is 18.5 Å². The fourth-order valence-electron chi connectivity index (χ4n) is 0.770. The molecule has 11 heavy (non-hydrogen) atoms. The van der Waals surface area contributed by atoms with Crippen molar-refractivity contribution >= 4 is 18.5 Å². The molecule has 0 saturated carbocycles. The minimum absolute atomic E-state index is 0.620. The summed E-state index contributed by atoms with van der Waals surface area (Å²) in [5.74, 6) is 0.620. The first kappa shape index (κ1) is 8.20. The second-order valence-electron chi connectivity index (χ2n) is 2.10. The lowest BCUT2D eigenvalue weighted by atomic mass is 10.3. The van der Waals surface area contributed by atoms with E-state index in [0.717, 1.165) is 11.4 Å². The summed E-state index contributed by atoms with van der Waals surface area (Å²) in [7, 11) is 1.59. The highest BCUT2D eigenvalue weighted by Gasteiger charge is 1.98. The molecule has 1 aromatic rings. The Hall–Kier alpha value is -0.900. The van der Waals surface area contributed by atoms with Crippen molar-refractivity contribution in [1.82, 2.24) is 4.98 Å². The van der Waals surface area contributed by atoms with Gasteiger partial charge in [-0.2, -0.15) is 0 Å². The normalized spacial score (nSPS) is 9.36. The Bertz CT molecular complexity index is 252. The minimum atomic E-state index is 0.620. The molecular formula is C7H10N2OS. The van der Waals surface area contributed by atoms with E-state index >= 15 is 0 Å². The minimum Gasteiger partial charge on any atom is -0.481 e. The van der Waals surface area contributed by atoms with Gasteiger partial charge in [-0.25, -0.2) is 4.98 Å². The van der Waals surface area contributed by atoms with Crippen LogP contribution in [0.4, 0.5) is 5.69 Å². The summed E-state index contributed by atoms with van der Waals surface area (Å²) < 4.78 is 7.65. The standard InChI is InChI=1S/C7H10N2OS/c1-5-6(9-11)3-4-7(8-5)10-2/h3-4,9,11H,1-2H3. The zero-order chi connectivity index (χ0) is 8.27. The van der Waals surface area contributed by atoms with Gasteiger partial charge in [-0.1, -0.05) is 12.8 Å². The van der Waals surface area contributed by atoms with Crippen molar-refractivity contribution in [3.63, 3.8) is 0 Å². The quantitative estimate of drug-likeness (QED) is 0.662. The van der Waals surface area contributed by atoms with Crippen molar-refractivity contribution in [3.05, 3.63) is 17.8 Å². The van der Waals surface area contributed by atoms with Crippen molar-refractivity contribution in [2.75, 3.05) is 11.8 Å². The topological polar surface area (TPSA) is 34.1 Å². The van der Waals surface area contributed by atoms with Crippen LogP contribution in [0.3, 0.4) is 0 Å². The highest BCUT2D eigenvalue weighted by molar-refractivity contribution is 7.81. The number of ether oxygens (including phenoxy) is 1. The van der Waals surface area contributed by atoms with E-state index in [-0.39, 0.29) is 0 Å². The predicted molar refractivity (Wildman–Crippen MR) is 48.1 cm³/mol. The molecule has 0 aliphatic carbocycles. The molecular weight excluding hydrogens is 160 g/mol. The Labute approximate surface area is 71.3 Å². The third kappa shape index (κ3) is 1.77. The van der Waals surface area contributed by atoms with Crippen LogP contribution >= 0.6 is 12.8 Å². The molecule has 60 valence electrons. The lowest BCUT2D eigenvalue weighted by Crippen LogP contribution is -1.92. The van der Waals surface area contributed by atoms with Gasteiger partial charge < -0.3 is 9.46 Å². The predicted octanol–water partition coefficient (Wildman–Crippen LogP) is 1.66. The molecule has 3 nitrogen and oxygen atoms in total. The summed E-state index contributed by atoms with van der Waals surface area (Å²) in [6.07, 6.45) is 0. The number of pyridine rings is 1. The van der Waals surface area contributed by atoms with Crippen LogP contribution in [0.5, 0.6) is 5.88 Å². The summed E-state index contributed by atoms with van der Waals surface area (Å²) in [6.45, 7) is 1.89. The molecule has 0 bridgehead atoms. The van der Waals surface area contributed by atoms with Gasteiger partial charge >= 0.3 is 0 Å². The summed E-state index contributed by atoms with van der Waals surface area (Å²) in [5.41, 5.74) is 1.77. The Kier molecular flexibility index (Phi) is 2.59. The third-order valence-electron chi connectivity index (χ3n) is 1.39. The third-order valence-corrected chi connectivity index (χ3v) is 1.63. The van der Waals surface area contributed by atoms with Crippen molar-refractivity contribution < 1.29 is 4.74 Å². The zero-order valence-electron chi connectivity index (χ0n) is 6.46. The van der Waals surface area contributed by atoms with E-state index in [1.807, 2.05) is 13.0 Å². The van der Waals surface area contributed by atoms with Gasteiger partial charge in [-0.05, 0) is 13.0 Å². The number of thiol groups is 1. The fraction of sp³-hybridized carbons (Fsp3) is 0.286. The number of hydrogen-bond acceptors (Lipinski definition) is 4. The van der Waals surface area contributed by atoms with Crippen molar-refractivity contribution in [1.29, 1.82) is 0 Å². The van der Waals surface area contributed by atoms with Crippen LogP contribution in [0.1, 0.15) is 5.69 Å². The number of nitrogens with zero attached hydrogens (tertiary/aromatic N) is 1. The van der Waals surface area contributed by atoms with E-state index < -0.39 is 0 Å².